The molecule has 1 aromatic carbocycles. The third kappa shape index (κ3) is 5.07. The molecule has 0 radical (unpaired) electrons. The van der Waals surface area contributed by atoms with Crippen LogP contribution in [0.5, 0.6) is 0 Å². The van der Waals surface area contributed by atoms with E-state index >= 15 is 0 Å². The van der Waals surface area contributed by atoms with Crippen LogP contribution < -0.4 is 16.0 Å². The summed E-state index contributed by atoms with van der Waals surface area (Å²) in [7, 11) is -3.03. The van der Waals surface area contributed by atoms with Crippen molar-refractivity contribution in [1.82, 2.24) is 10.6 Å². The van der Waals surface area contributed by atoms with E-state index in [1.165, 1.54) is 0 Å². The van der Waals surface area contributed by atoms with E-state index in [4.69, 9.17) is 0 Å². The first kappa shape index (κ1) is 15.3. The number of rotatable bonds is 4. The van der Waals surface area contributed by atoms with Crippen molar-refractivity contribution in [3.8, 4) is 0 Å². The third-order valence-electron chi connectivity index (χ3n) is 3.03. The molecule has 21 heavy (non-hydrogen) atoms. The molecule has 7 nitrogen and oxygen atoms in total. The lowest BCUT2D eigenvalue weighted by Gasteiger charge is -2.12. The van der Waals surface area contributed by atoms with Crippen molar-refractivity contribution in [2.45, 2.75) is 12.5 Å². The van der Waals surface area contributed by atoms with Crippen LogP contribution >= 0.6 is 0 Å². The molecule has 3 N–H and O–H groups in total. The van der Waals surface area contributed by atoms with Crippen LogP contribution in [0.25, 0.3) is 0 Å². The van der Waals surface area contributed by atoms with Crippen LogP contribution in [-0.2, 0) is 14.6 Å². The summed E-state index contributed by atoms with van der Waals surface area (Å²) in [5.74, 6) is -0.307. The van der Waals surface area contributed by atoms with E-state index in [-0.39, 0.29) is 30.0 Å². The Bertz CT molecular complexity index is 616. The van der Waals surface area contributed by atoms with Gasteiger partial charge in [-0.15, -0.1) is 0 Å². The summed E-state index contributed by atoms with van der Waals surface area (Å²) in [5.41, 5.74) is 0.645. The highest BCUT2D eigenvalue weighted by Gasteiger charge is 2.28. The van der Waals surface area contributed by atoms with Crippen LogP contribution in [0.3, 0.4) is 0 Å². The maximum atomic E-state index is 11.6. The van der Waals surface area contributed by atoms with E-state index < -0.39 is 15.9 Å². The Morgan fingerprint density at radius 1 is 1.19 bits per heavy atom. The molecule has 1 unspecified atom stereocenters. The normalized spacial score (nSPS) is 19.7. The maximum absolute atomic E-state index is 11.6. The zero-order valence-corrected chi connectivity index (χ0v) is 12.2. The first-order valence-corrected chi connectivity index (χ1v) is 8.36. The summed E-state index contributed by atoms with van der Waals surface area (Å²) in [5, 5.41) is 7.57. The monoisotopic (exact) mass is 311 g/mol. The number of sulfone groups is 1. The number of benzene rings is 1. The van der Waals surface area contributed by atoms with Gasteiger partial charge in [0.25, 0.3) is 0 Å². The molecule has 1 heterocycles. The lowest BCUT2D eigenvalue weighted by molar-refractivity contribution is -0.115. The molecular formula is C13H17N3O4S. The second kappa shape index (κ2) is 6.57. The van der Waals surface area contributed by atoms with Gasteiger partial charge >= 0.3 is 6.03 Å². The van der Waals surface area contributed by atoms with Gasteiger partial charge in [0.2, 0.25) is 5.91 Å². The van der Waals surface area contributed by atoms with Gasteiger partial charge < -0.3 is 16.0 Å². The van der Waals surface area contributed by atoms with E-state index in [0.717, 1.165) is 0 Å². The number of hydrogen-bond acceptors (Lipinski definition) is 4. The van der Waals surface area contributed by atoms with Gasteiger partial charge in [-0.05, 0) is 18.6 Å². The van der Waals surface area contributed by atoms with Crippen molar-refractivity contribution in [3.63, 3.8) is 0 Å². The summed E-state index contributed by atoms with van der Waals surface area (Å²) >= 11 is 0. The van der Waals surface area contributed by atoms with Crippen LogP contribution in [0, 0.1) is 0 Å². The molecule has 1 fully saturated rings. The Balaban J connectivity index is 1.70. The highest BCUT2D eigenvalue weighted by atomic mass is 32.2. The SMILES string of the molecule is O=C(CNC(=O)NC1CCS(=O)(=O)C1)Nc1ccccc1. The van der Waals surface area contributed by atoms with Crippen LogP contribution in [0.1, 0.15) is 6.42 Å². The van der Waals surface area contributed by atoms with Crippen LogP contribution in [0.2, 0.25) is 0 Å². The summed E-state index contributed by atoms with van der Waals surface area (Å²) < 4.78 is 22.5. The van der Waals surface area contributed by atoms with Crippen molar-refractivity contribution >= 4 is 27.5 Å². The van der Waals surface area contributed by atoms with Gasteiger partial charge in [0.05, 0.1) is 18.1 Å². The Morgan fingerprint density at radius 2 is 1.90 bits per heavy atom. The zero-order valence-electron chi connectivity index (χ0n) is 11.3. The number of urea groups is 1. The molecule has 8 heteroatoms. The van der Waals surface area contributed by atoms with Crippen molar-refractivity contribution in [1.29, 1.82) is 0 Å². The van der Waals surface area contributed by atoms with Crippen LogP contribution in [0.15, 0.2) is 30.3 Å². The summed E-state index contributed by atoms with van der Waals surface area (Å²) in [6, 6.07) is 7.96. The second-order valence-electron chi connectivity index (χ2n) is 4.84. The Labute approximate surface area is 123 Å². The molecule has 1 aromatic rings. The molecule has 0 spiro atoms. The molecule has 114 valence electrons. The molecule has 1 aliphatic rings. The van der Waals surface area contributed by atoms with Crippen LogP contribution in [0.4, 0.5) is 10.5 Å². The number of para-hydroxylation sites is 1. The molecule has 1 saturated heterocycles. The average Bonchev–Trinajstić information content (AvgIpc) is 2.77. The predicted molar refractivity (Wildman–Crippen MR) is 78.7 cm³/mol. The molecule has 0 aromatic heterocycles. The lowest BCUT2D eigenvalue weighted by Crippen LogP contribution is -2.45. The maximum Gasteiger partial charge on any atom is 0.315 e. The summed E-state index contributed by atoms with van der Waals surface area (Å²) in [6.45, 7) is -0.180. The zero-order chi connectivity index (χ0) is 15.3. The fourth-order valence-corrected chi connectivity index (χ4v) is 3.71. The molecule has 1 atom stereocenters. The smallest absolute Gasteiger partial charge is 0.315 e. The van der Waals surface area contributed by atoms with Gasteiger partial charge in [0.1, 0.15) is 0 Å². The molecule has 2 rings (SSSR count). The number of nitrogens with one attached hydrogen (secondary N) is 3. The first-order valence-electron chi connectivity index (χ1n) is 6.54. The molecule has 3 amide bonds. The Hall–Kier alpha value is -2.09. The van der Waals surface area contributed by atoms with Gasteiger partial charge in [-0.3, -0.25) is 4.79 Å². The topological polar surface area (TPSA) is 104 Å². The minimum Gasteiger partial charge on any atom is -0.334 e. The van der Waals surface area contributed by atoms with E-state index in [2.05, 4.69) is 16.0 Å². The van der Waals surface area contributed by atoms with Crippen molar-refractivity contribution in [3.05, 3.63) is 30.3 Å². The first-order chi connectivity index (χ1) is 9.94. The predicted octanol–water partition coefficient (Wildman–Crippen LogP) is 0.111. The van der Waals surface area contributed by atoms with E-state index in [1.807, 2.05) is 6.07 Å². The highest BCUT2D eigenvalue weighted by molar-refractivity contribution is 7.91. The number of anilines is 1. The van der Waals surface area contributed by atoms with Crippen molar-refractivity contribution < 1.29 is 18.0 Å². The summed E-state index contributed by atoms with van der Waals surface area (Å²) in [4.78, 5) is 23.2. The minimum atomic E-state index is -3.03. The summed E-state index contributed by atoms with van der Waals surface area (Å²) in [6.07, 6.45) is 0.409. The number of carbonyl (C=O) groups excluding carboxylic acids is 2. The molecule has 1 aliphatic heterocycles. The van der Waals surface area contributed by atoms with Gasteiger partial charge in [-0.1, -0.05) is 18.2 Å². The van der Waals surface area contributed by atoms with Gasteiger partial charge in [0.15, 0.2) is 9.84 Å². The quantitative estimate of drug-likeness (QED) is 0.734. The van der Waals surface area contributed by atoms with E-state index in [1.54, 1.807) is 24.3 Å². The fourth-order valence-electron chi connectivity index (χ4n) is 2.03. The van der Waals surface area contributed by atoms with Crippen LogP contribution in [-0.4, -0.2) is 44.4 Å². The number of amides is 3. The second-order valence-corrected chi connectivity index (χ2v) is 7.07. The third-order valence-corrected chi connectivity index (χ3v) is 4.80. The van der Waals surface area contributed by atoms with Gasteiger partial charge in [-0.25, -0.2) is 13.2 Å². The number of hydrogen-bond donors (Lipinski definition) is 3. The van der Waals surface area contributed by atoms with Crippen molar-refractivity contribution in [2.24, 2.45) is 0 Å². The molecular weight excluding hydrogens is 294 g/mol. The highest BCUT2D eigenvalue weighted by Crippen LogP contribution is 2.10. The molecule has 0 aliphatic carbocycles. The average molecular weight is 311 g/mol. The van der Waals surface area contributed by atoms with Gasteiger partial charge in [-0.2, -0.15) is 0 Å². The van der Waals surface area contributed by atoms with Gasteiger partial charge in [0, 0.05) is 11.7 Å². The van der Waals surface area contributed by atoms with E-state index in [0.29, 0.717) is 12.1 Å². The van der Waals surface area contributed by atoms with Crippen molar-refractivity contribution in [2.75, 3.05) is 23.4 Å². The standard InChI is InChI=1S/C13H17N3O4S/c17-12(15-10-4-2-1-3-5-10)8-14-13(18)16-11-6-7-21(19,20)9-11/h1-5,11H,6-9H2,(H,15,17)(H2,14,16,18). The van der Waals surface area contributed by atoms with E-state index in [9.17, 15) is 18.0 Å². The lowest BCUT2D eigenvalue weighted by atomic mass is 10.3. The molecule has 0 bridgehead atoms. The fraction of sp³-hybridized carbons (Fsp3) is 0.385. The number of carbonyl (C=O) groups is 2. The Morgan fingerprint density at radius 3 is 2.52 bits per heavy atom. The Kier molecular flexibility index (Phi) is 4.79. The largest absolute Gasteiger partial charge is 0.334 e. The molecule has 0 saturated carbocycles. The minimum absolute atomic E-state index is 0.0450.